The number of rotatable bonds is 4. The van der Waals surface area contributed by atoms with Crippen LogP contribution in [0.4, 0.5) is 0 Å². The number of carboxylic acids is 1. The molecule has 5 heteroatoms. The third kappa shape index (κ3) is 2.97. The standard InChI is InChI=1S/C11H10Cl2O3/c1-6(11(15)16)5-9(14)7-3-2-4-8(12)10(7)13/h2-4,6H,5H2,1H3,(H,15,16). The summed E-state index contributed by atoms with van der Waals surface area (Å²) >= 11 is 11.6. The van der Waals surface area contributed by atoms with Crippen molar-refractivity contribution in [3.63, 3.8) is 0 Å². The lowest BCUT2D eigenvalue weighted by molar-refractivity contribution is -0.141. The Labute approximate surface area is 103 Å². The van der Waals surface area contributed by atoms with Gasteiger partial charge in [-0.2, -0.15) is 0 Å². The number of carbonyl (C=O) groups excluding carboxylic acids is 1. The zero-order valence-corrected chi connectivity index (χ0v) is 10.0. The molecule has 1 N–H and O–H groups in total. The van der Waals surface area contributed by atoms with Crippen molar-refractivity contribution in [2.24, 2.45) is 5.92 Å². The number of ketones is 1. The van der Waals surface area contributed by atoms with Crippen LogP contribution < -0.4 is 0 Å². The van der Waals surface area contributed by atoms with Gasteiger partial charge < -0.3 is 5.11 Å². The maximum atomic E-state index is 11.7. The van der Waals surface area contributed by atoms with E-state index in [0.29, 0.717) is 0 Å². The Kier molecular flexibility index (Phi) is 4.33. The van der Waals surface area contributed by atoms with Crippen LogP contribution in [-0.4, -0.2) is 16.9 Å². The minimum atomic E-state index is -1.01. The van der Waals surface area contributed by atoms with Gasteiger partial charge in [0.05, 0.1) is 16.0 Å². The molecule has 0 bridgehead atoms. The lowest BCUT2D eigenvalue weighted by Gasteiger charge is -2.07. The summed E-state index contributed by atoms with van der Waals surface area (Å²) < 4.78 is 0. The summed E-state index contributed by atoms with van der Waals surface area (Å²) in [6.45, 7) is 1.47. The van der Waals surface area contributed by atoms with Gasteiger partial charge in [0.25, 0.3) is 0 Å². The van der Waals surface area contributed by atoms with Gasteiger partial charge in [0.1, 0.15) is 0 Å². The Morgan fingerprint density at radius 1 is 1.38 bits per heavy atom. The fourth-order valence-electron chi connectivity index (χ4n) is 1.19. The molecule has 1 rings (SSSR count). The van der Waals surface area contributed by atoms with Crippen molar-refractivity contribution in [2.45, 2.75) is 13.3 Å². The lowest BCUT2D eigenvalue weighted by atomic mass is 10.00. The van der Waals surface area contributed by atoms with E-state index in [9.17, 15) is 9.59 Å². The SMILES string of the molecule is CC(CC(=O)c1cccc(Cl)c1Cl)C(=O)O. The summed E-state index contributed by atoms with van der Waals surface area (Å²) in [5.74, 6) is -2.06. The third-order valence-electron chi connectivity index (χ3n) is 2.17. The van der Waals surface area contributed by atoms with E-state index in [1.807, 2.05) is 0 Å². The molecule has 1 aromatic rings. The molecule has 1 unspecified atom stereocenters. The minimum Gasteiger partial charge on any atom is -0.481 e. The maximum absolute atomic E-state index is 11.7. The first-order valence-electron chi connectivity index (χ1n) is 4.63. The highest BCUT2D eigenvalue weighted by Crippen LogP contribution is 2.27. The summed E-state index contributed by atoms with van der Waals surface area (Å²) in [5, 5.41) is 9.15. The van der Waals surface area contributed by atoms with E-state index in [0.717, 1.165) is 0 Å². The second-order valence-corrected chi connectivity index (χ2v) is 4.25. The van der Waals surface area contributed by atoms with Gasteiger partial charge in [0.15, 0.2) is 5.78 Å². The zero-order valence-electron chi connectivity index (χ0n) is 8.54. The molecule has 16 heavy (non-hydrogen) atoms. The largest absolute Gasteiger partial charge is 0.481 e. The van der Waals surface area contributed by atoms with Crippen molar-refractivity contribution >= 4 is 35.0 Å². The van der Waals surface area contributed by atoms with Gasteiger partial charge in [-0.1, -0.05) is 36.2 Å². The zero-order chi connectivity index (χ0) is 12.3. The van der Waals surface area contributed by atoms with Gasteiger partial charge in [-0.05, 0) is 12.1 Å². The van der Waals surface area contributed by atoms with Crippen molar-refractivity contribution < 1.29 is 14.7 Å². The molecule has 0 saturated carbocycles. The Morgan fingerprint density at radius 2 is 2.00 bits per heavy atom. The molecule has 0 spiro atoms. The van der Waals surface area contributed by atoms with Crippen molar-refractivity contribution in [3.05, 3.63) is 33.8 Å². The van der Waals surface area contributed by atoms with E-state index < -0.39 is 11.9 Å². The van der Waals surface area contributed by atoms with Crippen LogP contribution in [0.3, 0.4) is 0 Å². The predicted octanol–water partition coefficient (Wildman–Crippen LogP) is 3.29. The summed E-state index contributed by atoms with van der Waals surface area (Å²) in [6.07, 6.45) is -0.0879. The second kappa shape index (κ2) is 5.32. The highest BCUT2D eigenvalue weighted by Gasteiger charge is 2.19. The number of hydrogen-bond donors (Lipinski definition) is 1. The molecule has 0 aromatic heterocycles. The fraction of sp³-hybridized carbons (Fsp3) is 0.273. The van der Waals surface area contributed by atoms with Gasteiger partial charge in [0, 0.05) is 12.0 Å². The molecule has 0 radical (unpaired) electrons. The highest BCUT2D eigenvalue weighted by atomic mass is 35.5. The van der Waals surface area contributed by atoms with Crippen molar-refractivity contribution in [1.82, 2.24) is 0 Å². The maximum Gasteiger partial charge on any atom is 0.306 e. The van der Waals surface area contributed by atoms with Crippen LogP contribution in [0.1, 0.15) is 23.7 Å². The Morgan fingerprint density at radius 3 is 2.56 bits per heavy atom. The van der Waals surface area contributed by atoms with Crippen LogP contribution in [0, 0.1) is 5.92 Å². The fourth-order valence-corrected chi connectivity index (χ4v) is 1.60. The van der Waals surface area contributed by atoms with Crippen molar-refractivity contribution in [1.29, 1.82) is 0 Å². The van der Waals surface area contributed by atoms with E-state index in [1.54, 1.807) is 12.1 Å². The smallest absolute Gasteiger partial charge is 0.306 e. The number of carbonyl (C=O) groups is 2. The summed E-state index contributed by atoms with van der Waals surface area (Å²) in [5.41, 5.74) is 0.266. The number of carboxylic acid groups (broad SMARTS) is 1. The summed E-state index contributed by atoms with van der Waals surface area (Å²) in [6, 6.07) is 4.71. The summed E-state index contributed by atoms with van der Waals surface area (Å²) in [7, 11) is 0. The Bertz CT molecular complexity index is 429. The Balaban J connectivity index is 2.89. The predicted molar refractivity (Wildman–Crippen MR) is 62.2 cm³/mol. The van der Waals surface area contributed by atoms with Gasteiger partial charge in [0.2, 0.25) is 0 Å². The van der Waals surface area contributed by atoms with E-state index >= 15 is 0 Å². The van der Waals surface area contributed by atoms with Gasteiger partial charge in [-0.3, -0.25) is 9.59 Å². The third-order valence-corrected chi connectivity index (χ3v) is 2.98. The topological polar surface area (TPSA) is 54.4 Å². The first-order chi connectivity index (χ1) is 7.43. The minimum absolute atomic E-state index is 0.0879. The quantitative estimate of drug-likeness (QED) is 0.846. The molecule has 0 fully saturated rings. The van der Waals surface area contributed by atoms with E-state index in [-0.39, 0.29) is 27.8 Å². The van der Waals surface area contributed by atoms with E-state index in [2.05, 4.69) is 0 Å². The molecule has 1 aromatic carbocycles. The molecule has 0 aliphatic rings. The molecule has 0 amide bonds. The number of halogens is 2. The molecule has 0 heterocycles. The molecule has 1 atom stereocenters. The number of Topliss-reactive ketones (excluding diaryl/α,β-unsaturated/α-hetero) is 1. The first kappa shape index (κ1) is 13.0. The number of aliphatic carboxylic acids is 1. The van der Waals surface area contributed by atoms with Crippen LogP contribution >= 0.6 is 23.2 Å². The van der Waals surface area contributed by atoms with Crippen LogP contribution in [-0.2, 0) is 4.79 Å². The number of benzene rings is 1. The number of hydrogen-bond acceptors (Lipinski definition) is 2. The van der Waals surface area contributed by atoms with Gasteiger partial charge >= 0.3 is 5.97 Å². The first-order valence-corrected chi connectivity index (χ1v) is 5.39. The van der Waals surface area contributed by atoms with Crippen LogP contribution in [0.2, 0.25) is 10.0 Å². The van der Waals surface area contributed by atoms with Crippen LogP contribution in [0.25, 0.3) is 0 Å². The van der Waals surface area contributed by atoms with Crippen LogP contribution in [0.15, 0.2) is 18.2 Å². The molecular formula is C11H10Cl2O3. The van der Waals surface area contributed by atoms with Crippen LogP contribution in [0.5, 0.6) is 0 Å². The van der Waals surface area contributed by atoms with Gasteiger partial charge in [-0.25, -0.2) is 0 Å². The lowest BCUT2D eigenvalue weighted by Crippen LogP contribution is -2.15. The van der Waals surface area contributed by atoms with Gasteiger partial charge in [-0.15, -0.1) is 0 Å². The molecule has 0 aliphatic heterocycles. The van der Waals surface area contributed by atoms with E-state index in [1.165, 1.54) is 13.0 Å². The monoisotopic (exact) mass is 260 g/mol. The van der Waals surface area contributed by atoms with Crippen molar-refractivity contribution in [2.75, 3.05) is 0 Å². The molecule has 3 nitrogen and oxygen atoms in total. The molecular weight excluding hydrogens is 251 g/mol. The second-order valence-electron chi connectivity index (χ2n) is 3.47. The average molecular weight is 261 g/mol. The van der Waals surface area contributed by atoms with E-state index in [4.69, 9.17) is 28.3 Å². The Hall–Kier alpha value is -1.06. The normalized spacial score (nSPS) is 12.2. The summed E-state index contributed by atoms with van der Waals surface area (Å²) in [4.78, 5) is 22.3. The molecule has 0 saturated heterocycles. The van der Waals surface area contributed by atoms with Crippen molar-refractivity contribution in [3.8, 4) is 0 Å². The molecule has 86 valence electrons. The average Bonchev–Trinajstić information content (AvgIpc) is 2.21. The molecule has 0 aliphatic carbocycles. The highest BCUT2D eigenvalue weighted by molar-refractivity contribution is 6.43.